The van der Waals surface area contributed by atoms with Crippen molar-refractivity contribution < 1.29 is 24.7 Å². The van der Waals surface area contributed by atoms with Crippen LogP contribution in [-0.2, 0) is 24.7 Å². The highest BCUT2D eigenvalue weighted by Gasteiger charge is 2.00. The third-order valence-corrected chi connectivity index (χ3v) is 3.75. The van der Waals surface area contributed by atoms with Crippen LogP contribution >= 0.6 is 0 Å². The van der Waals surface area contributed by atoms with Crippen LogP contribution < -0.4 is 0 Å². The van der Waals surface area contributed by atoms with Gasteiger partial charge in [0.2, 0.25) is 21.0 Å². The molecule has 13 heavy (non-hydrogen) atoms. The van der Waals surface area contributed by atoms with Gasteiger partial charge in [-0.25, -0.2) is 0 Å². The van der Waals surface area contributed by atoms with Gasteiger partial charge in [-0.1, -0.05) is 0 Å². The molecule has 13 heteroatoms. The average molecular weight is 293 g/mol. The van der Waals surface area contributed by atoms with E-state index in [1.54, 1.807) is 0 Å². The van der Waals surface area contributed by atoms with Gasteiger partial charge in [0, 0.05) is 0 Å². The molecule has 64 valence electrons. The molecule has 0 amide bonds. The molecule has 0 aromatic carbocycles. The SMILES string of the molecule is [Si]O[Si]O[Si]O[Si]O[Si]O[Si]O[Si]. The second-order valence-corrected chi connectivity index (χ2v) is 6.76. The number of hydrogen-bond donors (Lipinski definition) is 0. The summed E-state index contributed by atoms with van der Waals surface area (Å²) < 4.78 is 28.4. The topological polar surface area (TPSA) is 55.4 Å². The maximum atomic E-state index is 4.91. The molecule has 0 rings (SSSR count). The molecular formula is O6Si7. The molecular weight excluding hydrogens is 293 g/mol. The minimum absolute atomic E-state index is 0.0771. The lowest BCUT2D eigenvalue weighted by Crippen LogP contribution is -2.18. The molecule has 0 aliphatic rings. The van der Waals surface area contributed by atoms with E-state index in [1.165, 1.54) is 0 Å². The fraction of sp³-hybridized carbons (Fsp3) is 0. The lowest BCUT2D eigenvalue weighted by atomic mass is 15.7. The molecule has 0 N–H and O–H groups in total. The maximum absolute atomic E-state index is 4.91. The highest BCUT2D eigenvalue weighted by molar-refractivity contribution is 6.47. The Balaban J connectivity index is 2.76. The fourth-order valence-electron chi connectivity index (χ4n) is 0.172. The lowest BCUT2D eigenvalue weighted by Gasteiger charge is -2.00. The molecule has 0 bridgehead atoms. The number of rotatable bonds is 10. The Bertz CT molecular complexity index is 79.1. The van der Waals surface area contributed by atoms with E-state index in [-0.39, 0.29) is 50.0 Å². The summed E-state index contributed by atoms with van der Waals surface area (Å²) >= 11 is 0. The minimum atomic E-state index is -0.105. The first-order valence-electron chi connectivity index (χ1n) is 2.45. The molecule has 16 radical (unpaired) electrons. The molecule has 0 atom stereocenters. The van der Waals surface area contributed by atoms with Gasteiger partial charge in [0.1, 0.15) is 0 Å². The second kappa shape index (κ2) is 13.3. The summed E-state index contributed by atoms with van der Waals surface area (Å²) in [6.45, 7) is 0. The van der Waals surface area contributed by atoms with Crippen LogP contribution in [0.25, 0.3) is 0 Å². The third kappa shape index (κ3) is 13.3. The maximum Gasteiger partial charge on any atom is 0.412 e. The third-order valence-electron chi connectivity index (χ3n) is 0.417. The van der Waals surface area contributed by atoms with Gasteiger partial charge in [0.15, 0.2) is 0 Å². The van der Waals surface area contributed by atoms with Crippen molar-refractivity contribution in [2.24, 2.45) is 0 Å². The molecule has 0 heterocycles. The van der Waals surface area contributed by atoms with Gasteiger partial charge in [-0.3, -0.25) is 0 Å². The van der Waals surface area contributed by atoms with Gasteiger partial charge in [-0.2, -0.15) is 0 Å². The van der Waals surface area contributed by atoms with Crippen molar-refractivity contribution in [2.75, 3.05) is 0 Å². The van der Waals surface area contributed by atoms with Crippen LogP contribution in [0.1, 0.15) is 0 Å². The Morgan fingerprint density at radius 3 is 1.15 bits per heavy atom. The molecule has 0 aliphatic heterocycles. The zero-order valence-corrected chi connectivity index (χ0v) is 12.9. The van der Waals surface area contributed by atoms with Crippen LogP contribution in [0.2, 0.25) is 0 Å². The van der Waals surface area contributed by atoms with Crippen LogP contribution in [0.4, 0.5) is 0 Å². The van der Waals surface area contributed by atoms with Gasteiger partial charge in [-0.05, 0) is 0 Å². The van der Waals surface area contributed by atoms with Crippen molar-refractivity contribution in [3.8, 4) is 0 Å². The van der Waals surface area contributed by atoms with Gasteiger partial charge < -0.3 is 24.7 Å². The quantitative estimate of drug-likeness (QED) is 0.315. The molecule has 0 aliphatic carbocycles. The van der Waals surface area contributed by atoms with Crippen LogP contribution in [-0.4, -0.2) is 71.0 Å². The largest absolute Gasteiger partial charge is 0.435 e. The van der Waals surface area contributed by atoms with Crippen molar-refractivity contribution in [3.63, 3.8) is 0 Å². The summed E-state index contributed by atoms with van der Waals surface area (Å²) in [5, 5.41) is 0. The highest BCUT2D eigenvalue weighted by Crippen LogP contribution is 1.74. The Morgan fingerprint density at radius 2 is 0.846 bits per heavy atom. The Morgan fingerprint density at radius 1 is 0.538 bits per heavy atom. The van der Waals surface area contributed by atoms with Crippen LogP contribution in [0.5, 0.6) is 0 Å². The summed E-state index contributed by atoms with van der Waals surface area (Å²) in [6, 6.07) is 0. The average Bonchev–Trinajstić information content (AvgIpc) is 2.16. The van der Waals surface area contributed by atoms with Gasteiger partial charge in [-0.15, -0.1) is 0 Å². The van der Waals surface area contributed by atoms with E-state index in [1.807, 2.05) is 0 Å². The predicted octanol–water partition coefficient (Wildman–Crippen LogP) is -3.08. The first kappa shape index (κ1) is 14.3. The van der Waals surface area contributed by atoms with Gasteiger partial charge in [0.25, 0.3) is 0 Å². The zero-order valence-electron chi connectivity index (χ0n) is 5.95. The predicted molar refractivity (Wildman–Crippen MR) is 46.8 cm³/mol. The summed E-state index contributed by atoms with van der Waals surface area (Å²) in [6.07, 6.45) is 0. The van der Waals surface area contributed by atoms with E-state index < -0.39 is 0 Å². The van der Waals surface area contributed by atoms with Crippen molar-refractivity contribution in [2.45, 2.75) is 0 Å². The van der Waals surface area contributed by atoms with E-state index in [9.17, 15) is 0 Å². The Hall–Kier alpha value is 1.28. The van der Waals surface area contributed by atoms with Crippen molar-refractivity contribution in [1.29, 1.82) is 0 Å². The molecule has 0 spiro atoms. The van der Waals surface area contributed by atoms with Crippen LogP contribution in [0.15, 0.2) is 0 Å². The second-order valence-electron chi connectivity index (χ2n) is 1.03. The monoisotopic (exact) mass is 292 g/mol. The Labute approximate surface area is 95.7 Å². The fourth-order valence-corrected chi connectivity index (χ4v) is 3.42. The molecule has 0 saturated heterocycles. The van der Waals surface area contributed by atoms with Gasteiger partial charge in [0.05, 0.1) is 0 Å². The summed E-state index contributed by atoms with van der Waals surface area (Å²) in [5.74, 6) is 0. The van der Waals surface area contributed by atoms with Crippen LogP contribution in [0, 0.1) is 0 Å². The van der Waals surface area contributed by atoms with Crippen molar-refractivity contribution in [3.05, 3.63) is 0 Å². The summed E-state index contributed by atoms with van der Waals surface area (Å²) in [7, 11) is 5.10. The molecule has 0 saturated carbocycles. The lowest BCUT2D eigenvalue weighted by molar-refractivity contribution is 0.380. The molecule has 0 aromatic heterocycles. The zero-order chi connectivity index (χ0) is 9.78. The highest BCUT2D eigenvalue weighted by atomic mass is 28.4. The van der Waals surface area contributed by atoms with Crippen molar-refractivity contribution in [1.82, 2.24) is 0 Å². The van der Waals surface area contributed by atoms with E-state index in [0.29, 0.717) is 0 Å². The first-order valence-corrected chi connectivity index (χ1v) is 7.35. The molecule has 6 nitrogen and oxygen atoms in total. The smallest absolute Gasteiger partial charge is 0.412 e. The van der Waals surface area contributed by atoms with E-state index >= 15 is 0 Å². The molecule has 0 unspecified atom stereocenters. The van der Waals surface area contributed by atoms with Crippen LogP contribution in [0.3, 0.4) is 0 Å². The van der Waals surface area contributed by atoms with Crippen molar-refractivity contribution >= 4 is 71.0 Å². The Kier molecular flexibility index (Phi) is 14.6. The minimum Gasteiger partial charge on any atom is -0.435 e. The number of hydrogen-bond acceptors (Lipinski definition) is 6. The standard InChI is InChI=1S/O6Si7/c7-1-9-3-11-5-13-6-12-4-10-2-8. The van der Waals surface area contributed by atoms with E-state index in [2.05, 4.69) is 29.2 Å². The molecule has 0 fully saturated rings. The summed E-state index contributed by atoms with van der Waals surface area (Å²) in [4.78, 5) is 0. The molecule has 0 aromatic rings. The first-order chi connectivity index (χ1) is 6.41. The summed E-state index contributed by atoms with van der Waals surface area (Å²) in [5.41, 5.74) is 0. The van der Waals surface area contributed by atoms with Gasteiger partial charge >= 0.3 is 50.0 Å². The van der Waals surface area contributed by atoms with E-state index in [0.717, 1.165) is 0 Å². The van der Waals surface area contributed by atoms with E-state index in [4.69, 9.17) is 16.5 Å². The normalized spacial score (nSPS) is 10.6.